The van der Waals surface area contributed by atoms with Crippen LogP contribution in [0.2, 0.25) is 0 Å². The lowest BCUT2D eigenvalue weighted by atomic mass is 10.1. The van der Waals surface area contributed by atoms with Gasteiger partial charge in [-0.15, -0.1) is 0 Å². The monoisotopic (exact) mass is 485 g/mol. The number of aromatic nitrogens is 2. The van der Waals surface area contributed by atoms with Gasteiger partial charge in [0, 0.05) is 15.9 Å². The van der Waals surface area contributed by atoms with Gasteiger partial charge in [-0.25, -0.2) is 8.78 Å². The van der Waals surface area contributed by atoms with Crippen LogP contribution in [0, 0.1) is 11.6 Å². The topological polar surface area (TPSA) is 73.2 Å². The van der Waals surface area contributed by atoms with Crippen molar-refractivity contribution >= 4 is 38.3 Å². The SMILES string of the molecule is COc1ccccc1-n1nc(C(=O)Nc2c(F)cc(F)cc2Br)c2ccccc2c1=O. The summed E-state index contributed by atoms with van der Waals surface area (Å²) in [7, 11) is 1.45. The Bertz CT molecular complexity index is 1370. The number of hydrogen-bond donors (Lipinski definition) is 1. The normalized spacial score (nSPS) is 10.8. The van der Waals surface area contributed by atoms with Gasteiger partial charge in [0.1, 0.15) is 17.3 Å². The standard InChI is InChI=1S/C22H14BrF2N3O3/c1-31-18-9-5-4-8-17(18)28-22(30)14-7-3-2-6-13(14)19(27-28)21(29)26-20-15(23)10-12(24)11-16(20)25/h2-11H,1H3,(H,26,29). The fraction of sp³-hybridized carbons (Fsp3) is 0.0455. The molecule has 0 radical (unpaired) electrons. The van der Waals surface area contributed by atoms with Crippen LogP contribution in [0.15, 0.2) is 69.9 Å². The minimum atomic E-state index is -0.956. The molecule has 1 N–H and O–H groups in total. The Morgan fingerprint density at radius 3 is 2.45 bits per heavy atom. The van der Waals surface area contributed by atoms with Crippen LogP contribution >= 0.6 is 15.9 Å². The number of rotatable bonds is 4. The molecule has 1 heterocycles. The third-order valence-electron chi connectivity index (χ3n) is 4.58. The quantitative estimate of drug-likeness (QED) is 0.455. The van der Waals surface area contributed by atoms with Gasteiger partial charge in [-0.1, -0.05) is 30.3 Å². The van der Waals surface area contributed by atoms with E-state index in [2.05, 4.69) is 26.3 Å². The Balaban J connectivity index is 1.91. The number of nitrogens with zero attached hydrogens (tertiary/aromatic N) is 2. The van der Waals surface area contributed by atoms with Gasteiger partial charge in [0.2, 0.25) is 0 Å². The fourth-order valence-corrected chi connectivity index (χ4v) is 3.67. The second-order valence-electron chi connectivity index (χ2n) is 6.48. The molecule has 4 rings (SSSR count). The van der Waals surface area contributed by atoms with Crippen molar-refractivity contribution in [2.45, 2.75) is 0 Å². The molecule has 4 aromatic rings. The van der Waals surface area contributed by atoms with Crippen molar-refractivity contribution in [3.8, 4) is 11.4 Å². The summed E-state index contributed by atoms with van der Waals surface area (Å²) in [5.74, 6) is -2.14. The number of ether oxygens (including phenoxy) is 1. The molecule has 0 saturated heterocycles. The highest BCUT2D eigenvalue weighted by atomic mass is 79.9. The number of nitrogens with one attached hydrogen (secondary N) is 1. The molecular weight excluding hydrogens is 472 g/mol. The number of hydrogen-bond acceptors (Lipinski definition) is 4. The molecule has 6 nitrogen and oxygen atoms in total. The second kappa shape index (κ2) is 8.27. The molecule has 0 fully saturated rings. The molecule has 0 saturated carbocycles. The molecule has 1 aromatic heterocycles. The average Bonchev–Trinajstić information content (AvgIpc) is 2.76. The van der Waals surface area contributed by atoms with E-state index in [4.69, 9.17) is 4.74 Å². The van der Waals surface area contributed by atoms with Gasteiger partial charge in [-0.05, 0) is 40.2 Å². The Labute approximate surface area is 183 Å². The lowest BCUT2D eigenvalue weighted by molar-refractivity contribution is 0.102. The van der Waals surface area contributed by atoms with E-state index >= 15 is 0 Å². The van der Waals surface area contributed by atoms with E-state index in [0.717, 1.165) is 10.7 Å². The van der Waals surface area contributed by atoms with E-state index in [-0.39, 0.29) is 26.6 Å². The Hall–Kier alpha value is -3.59. The van der Waals surface area contributed by atoms with Crippen LogP contribution in [-0.2, 0) is 0 Å². The number of amides is 1. The van der Waals surface area contributed by atoms with Gasteiger partial charge < -0.3 is 10.1 Å². The van der Waals surface area contributed by atoms with Crippen LogP contribution in [0.3, 0.4) is 0 Å². The average molecular weight is 486 g/mol. The maximum absolute atomic E-state index is 14.2. The second-order valence-corrected chi connectivity index (χ2v) is 7.34. The first-order chi connectivity index (χ1) is 14.9. The zero-order chi connectivity index (χ0) is 22.1. The summed E-state index contributed by atoms with van der Waals surface area (Å²) in [6.45, 7) is 0. The lowest BCUT2D eigenvalue weighted by Crippen LogP contribution is -2.27. The highest BCUT2D eigenvalue weighted by Crippen LogP contribution is 2.28. The summed E-state index contributed by atoms with van der Waals surface area (Å²) in [6.07, 6.45) is 0. The lowest BCUT2D eigenvalue weighted by Gasteiger charge is -2.14. The number of para-hydroxylation sites is 2. The zero-order valence-electron chi connectivity index (χ0n) is 16.0. The van der Waals surface area contributed by atoms with Crippen LogP contribution in [0.4, 0.5) is 14.5 Å². The van der Waals surface area contributed by atoms with Gasteiger partial charge in [0.15, 0.2) is 11.5 Å². The molecule has 0 aliphatic carbocycles. The third-order valence-corrected chi connectivity index (χ3v) is 5.20. The van der Waals surface area contributed by atoms with E-state index < -0.39 is 23.1 Å². The van der Waals surface area contributed by atoms with Crippen molar-refractivity contribution < 1.29 is 18.3 Å². The summed E-state index contributed by atoms with van der Waals surface area (Å²) in [5.41, 5.74) is -0.473. The summed E-state index contributed by atoms with van der Waals surface area (Å²) >= 11 is 3.04. The van der Waals surface area contributed by atoms with Crippen molar-refractivity contribution in [3.63, 3.8) is 0 Å². The maximum Gasteiger partial charge on any atom is 0.279 e. The van der Waals surface area contributed by atoms with Crippen molar-refractivity contribution in [2.75, 3.05) is 12.4 Å². The first-order valence-corrected chi connectivity index (χ1v) is 9.81. The van der Waals surface area contributed by atoms with Gasteiger partial charge in [-0.3, -0.25) is 9.59 Å². The Morgan fingerprint density at radius 1 is 1.06 bits per heavy atom. The predicted molar refractivity (Wildman–Crippen MR) is 116 cm³/mol. The number of carbonyl (C=O) groups excluding carboxylic acids is 1. The molecule has 0 unspecified atom stereocenters. The van der Waals surface area contributed by atoms with Gasteiger partial charge >= 0.3 is 0 Å². The van der Waals surface area contributed by atoms with E-state index in [9.17, 15) is 18.4 Å². The molecule has 31 heavy (non-hydrogen) atoms. The smallest absolute Gasteiger partial charge is 0.279 e. The zero-order valence-corrected chi connectivity index (χ0v) is 17.6. The van der Waals surface area contributed by atoms with Crippen LogP contribution < -0.4 is 15.6 Å². The van der Waals surface area contributed by atoms with Crippen molar-refractivity contribution in [2.24, 2.45) is 0 Å². The maximum atomic E-state index is 14.2. The Morgan fingerprint density at radius 2 is 1.74 bits per heavy atom. The van der Waals surface area contributed by atoms with Crippen molar-refractivity contribution in [1.29, 1.82) is 0 Å². The number of anilines is 1. The van der Waals surface area contributed by atoms with Crippen molar-refractivity contribution in [1.82, 2.24) is 9.78 Å². The first kappa shape index (κ1) is 20.7. The predicted octanol–water partition coefficient (Wildman–Crippen LogP) is 4.69. The molecule has 0 spiro atoms. The highest BCUT2D eigenvalue weighted by Gasteiger charge is 2.21. The molecule has 3 aromatic carbocycles. The summed E-state index contributed by atoms with van der Waals surface area (Å²) in [5, 5.41) is 7.19. The molecule has 9 heteroatoms. The minimum absolute atomic E-state index is 0.0284. The molecule has 1 amide bonds. The molecule has 0 bridgehead atoms. The fourth-order valence-electron chi connectivity index (χ4n) is 3.16. The highest BCUT2D eigenvalue weighted by molar-refractivity contribution is 9.10. The van der Waals surface area contributed by atoms with E-state index in [1.807, 2.05) is 0 Å². The van der Waals surface area contributed by atoms with Gasteiger partial charge in [-0.2, -0.15) is 9.78 Å². The Kier molecular flexibility index (Phi) is 5.51. The van der Waals surface area contributed by atoms with Gasteiger partial charge in [0.25, 0.3) is 11.5 Å². The van der Waals surface area contributed by atoms with Crippen LogP contribution in [-0.4, -0.2) is 22.8 Å². The number of carbonyl (C=O) groups is 1. The van der Waals surface area contributed by atoms with Crippen LogP contribution in [0.5, 0.6) is 5.75 Å². The number of fused-ring (bicyclic) bond motifs is 1. The molecule has 0 atom stereocenters. The third kappa shape index (κ3) is 3.79. The minimum Gasteiger partial charge on any atom is -0.494 e. The number of halogens is 3. The van der Waals surface area contributed by atoms with Crippen molar-refractivity contribution in [3.05, 3.63) is 92.8 Å². The summed E-state index contributed by atoms with van der Waals surface area (Å²) in [4.78, 5) is 26.1. The first-order valence-electron chi connectivity index (χ1n) is 9.02. The van der Waals surface area contributed by atoms with Gasteiger partial charge in [0.05, 0.1) is 18.2 Å². The summed E-state index contributed by atoms with van der Waals surface area (Å²) in [6, 6.07) is 14.8. The van der Waals surface area contributed by atoms with Crippen LogP contribution in [0.25, 0.3) is 16.5 Å². The molecule has 0 aliphatic heterocycles. The molecule has 0 aliphatic rings. The molecule has 156 valence electrons. The van der Waals surface area contributed by atoms with Crippen LogP contribution in [0.1, 0.15) is 10.5 Å². The van der Waals surface area contributed by atoms with E-state index in [0.29, 0.717) is 17.5 Å². The molecular formula is C22H14BrF2N3O3. The largest absolute Gasteiger partial charge is 0.494 e. The number of methoxy groups -OCH3 is 1. The number of benzene rings is 3. The van der Waals surface area contributed by atoms with E-state index in [1.54, 1.807) is 48.5 Å². The van der Waals surface area contributed by atoms with E-state index in [1.165, 1.54) is 7.11 Å². The summed E-state index contributed by atoms with van der Waals surface area (Å²) < 4.78 is 34.0.